The summed E-state index contributed by atoms with van der Waals surface area (Å²) in [7, 11) is 0. The van der Waals surface area contributed by atoms with Gasteiger partial charge in [0.25, 0.3) is 0 Å². The number of carbonyl (C=O) groups is 2. The Morgan fingerprint density at radius 2 is 1.97 bits per heavy atom. The molecular formula is C23H28N2O3S. The summed E-state index contributed by atoms with van der Waals surface area (Å²) in [5, 5.41) is 2.09. The highest BCUT2D eigenvalue weighted by atomic mass is 32.1. The molecule has 0 radical (unpaired) electrons. The van der Waals surface area contributed by atoms with Gasteiger partial charge in [-0.15, -0.1) is 11.3 Å². The van der Waals surface area contributed by atoms with Crippen molar-refractivity contribution in [2.45, 2.75) is 39.2 Å². The molecule has 1 aromatic carbocycles. The Hall–Kier alpha value is -2.34. The lowest BCUT2D eigenvalue weighted by atomic mass is 10.0. The molecule has 2 aromatic rings. The van der Waals surface area contributed by atoms with Gasteiger partial charge in [-0.1, -0.05) is 17.7 Å². The Morgan fingerprint density at radius 3 is 2.66 bits per heavy atom. The van der Waals surface area contributed by atoms with Crippen LogP contribution in [0.1, 0.15) is 41.8 Å². The molecule has 0 unspecified atom stereocenters. The first-order valence-electron chi connectivity index (χ1n) is 10.3. The van der Waals surface area contributed by atoms with Crippen molar-refractivity contribution in [3.8, 4) is 5.75 Å². The third-order valence-electron chi connectivity index (χ3n) is 5.79. The summed E-state index contributed by atoms with van der Waals surface area (Å²) in [5.74, 6) is 1.36. The first kappa shape index (κ1) is 20.0. The molecular weight excluding hydrogens is 384 g/mol. The van der Waals surface area contributed by atoms with Gasteiger partial charge in [-0.3, -0.25) is 9.59 Å². The summed E-state index contributed by atoms with van der Waals surface area (Å²) in [6.45, 7) is 5.55. The molecule has 1 saturated carbocycles. The van der Waals surface area contributed by atoms with Crippen LogP contribution in [0, 0.1) is 12.8 Å². The number of fused-ring (bicyclic) bond motifs is 1. The van der Waals surface area contributed by atoms with Crippen LogP contribution in [0.5, 0.6) is 5.75 Å². The van der Waals surface area contributed by atoms with E-state index in [0.29, 0.717) is 25.6 Å². The number of hydrogen-bond acceptors (Lipinski definition) is 4. The van der Waals surface area contributed by atoms with Crippen molar-refractivity contribution in [2.24, 2.45) is 5.92 Å². The Balaban J connectivity index is 1.48. The molecule has 1 fully saturated rings. The summed E-state index contributed by atoms with van der Waals surface area (Å²) in [6, 6.07) is 9.97. The molecule has 0 spiro atoms. The molecule has 0 saturated heterocycles. The molecule has 4 rings (SSSR count). The third kappa shape index (κ3) is 4.81. The van der Waals surface area contributed by atoms with Gasteiger partial charge in [-0.2, -0.15) is 0 Å². The maximum atomic E-state index is 13.2. The molecule has 154 valence electrons. The van der Waals surface area contributed by atoms with E-state index in [0.717, 1.165) is 25.0 Å². The zero-order valence-electron chi connectivity index (χ0n) is 17.1. The maximum Gasteiger partial charge on any atom is 0.242 e. The highest BCUT2D eigenvalue weighted by molar-refractivity contribution is 7.10. The predicted molar refractivity (Wildman–Crippen MR) is 114 cm³/mol. The van der Waals surface area contributed by atoms with Gasteiger partial charge in [0, 0.05) is 24.9 Å². The fourth-order valence-corrected chi connectivity index (χ4v) is 4.78. The number of thiophene rings is 1. The number of carbonyl (C=O) groups excluding carboxylic acids is 2. The molecule has 5 nitrogen and oxygen atoms in total. The van der Waals surface area contributed by atoms with Gasteiger partial charge in [-0.05, 0) is 61.2 Å². The summed E-state index contributed by atoms with van der Waals surface area (Å²) >= 11 is 1.74. The average molecular weight is 413 g/mol. The van der Waals surface area contributed by atoms with Crippen LogP contribution >= 0.6 is 11.3 Å². The van der Waals surface area contributed by atoms with E-state index in [-0.39, 0.29) is 24.4 Å². The van der Waals surface area contributed by atoms with Crippen molar-refractivity contribution in [1.82, 2.24) is 9.80 Å². The van der Waals surface area contributed by atoms with Crippen LogP contribution in [-0.2, 0) is 16.0 Å². The van der Waals surface area contributed by atoms with E-state index < -0.39 is 0 Å². The largest absolute Gasteiger partial charge is 0.491 e. The number of hydrogen-bond donors (Lipinski definition) is 0. The first-order chi connectivity index (χ1) is 14.0. The molecule has 2 amide bonds. The minimum absolute atomic E-state index is 0.00945. The van der Waals surface area contributed by atoms with Gasteiger partial charge in [0.15, 0.2) is 0 Å². The molecule has 2 heterocycles. The molecule has 29 heavy (non-hydrogen) atoms. The lowest BCUT2D eigenvalue weighted by molar-refractivity contribution is -0.142. The van der Waals surface area contributed by atoms with Crippen LogP contribution in [0.15, 0.2) is 35.7 Å². The molecule has 1 aliphatic carbocycles. The molecule has 0 bridgehead atoms. The molecule has 0 N–H and O–H groups in total. The molecule has 1 aromatic heterocycles. The smallest absolute Gasteiger partial charge is 0.242 e. The standard InChI is InChI=1S/C23H28N2O3S/c1-16-3-7-19(8-4-16)28-15-21-20-10-12-29-22(20)9-11-25(21)23(27)14-24(17(2)26)13-18-5-6-18/h3-4,7-8,10,12,18,21H,5-6,9,11,13-15H2,1-2H3/t21-/m1/s1. The first-order valence-corrected chi connectivity index (χ1v) is 11.2. The van der Waals surface area contributed by atoms with Crippen LogP contribution in [0.3, 0.4) is 0 Å². The van der Waals surface area contributed by atoms with E-state index in [1.807, 2.05) is 36.1 Å². The SMILES string of the molecule is CC(=O)N(CC(=O)N1CCc2sccc2[C@H]1COc1ccc(C)cc1)CC1CC1. The van der Waals surface area contributed by atoms with Crippen molar-refractivity contribution < 1.29 is 14.3 Å². The lowest BCUT2D eigenvalue weighted by Crippen LogP contribution is -2.47. The van der Waals surface area contributed by atoms with E-state index in [1.165, 1.54) is 16.0 Å². The predicted octanol–water partition coefficient (Wildman–Crippen LogP) is 3.82. The number of rotatable bonds is 7. The van der Waals surface area contributed by atoms with E-state index >= 15 is 0 Å². The van der Waals surface area contributed by atoms with Crippen molar-refractivity contribution in [1.29, 1.82) is 0 Å². The molecule has 1 aliphatic heterocycles. The second kappa shape index (κ2) is 8.57. The Kier molecular flexibility index (Phi) is 5.90. The topological polar surface area (TPSA) is 49.9 Å². The fourth-order valence-electron chi connectivity index (χ4n) is 3.85. The van der Waals surface area contributed by atoms with Crippen LogP contribution in [0.4, 0.5) is 0 Å². The highest BCUT2D eigenvalue weighted by Gasteiger charge is 2.34. The number of benzene rings is 1. The Bertz CT molecular complexity index is 873. The maximum absolute atomic E-state index is 13.2. The summed E-state index contributed by atoms with van der Waals surface area (Å²) in [6.07, 6.45) is 3.18. The molecule has 1 atom stereocenters. The van der Waals surface area contributed by atoms with E-state index in [1.54, 1.807) is 23.2 Å². The summed E-state index contributed by atoms with van der Waals surface area (Å²) in [5.41, 5.74) is 2.37. The van der Waals surface area contributed by atoms with Crippen LogP contribution in [-0.4, -0.2) is 47.9 Å². The van der Waals surface area contributed by atoms with Gasteiger partial charge in [0.2, 0.25) is 11.8 Å². The molecule has 6 heteroatoms. The van der Waals surface area contributed by atoms with Crippen molar-refractivity contribution in [3.05, 3.63) is 51.7 Å². The minimum Gasteiger partial charge on any atom is -0.491 e. The second-order valence-corrected chi connectivity index (χ2v) is 9.12. The zero-order chi connectivity index (χ0) is 20.4. The number of amides is 2. The Labute approximate surface area is 176 Å². The number of ether oxygens (including phenoxy) is 1. The van der Waals surface area contributed by atoms with Crippen molar-refractivity contribution >= 4 is 23.2 Å². The Morgan fingerprint density at radius 1 is 1.21 bits per heavy atom. The number of nitrogens with zero attached hydrogens (tertiary/aromatic N) is 2. The summed E-state index contributed by atoms with van der Waals surface area (Å²) in [4.78, 5) is 30.2. The third-order valence-corrected chi connectivity index (χ3v) is 6.79. The normalized spacial score (nSPS) is 18.3. The average Bonchev–Trinajstić information content (AvgIpc) is 3.39. The van der Waals surface area contributed by atoms with Gasteiger partial charge in [0.1, 0.15) is 12.4 Å². The van der Waals surface area contributed by atoms with E-state index in [4.69, 9.17) is 4.74 Å². The van der Waals surface area contributed by atoms with Gasteiger partial charge in [0.05, 0.1) is 12.6 Å². The van der Waals surface area contributed by atoms with Crippen LogP contribution < -0.4 is 4.74 Å². The quantitative estimate of drug-likeness (QED) is 0.695. The zero-order valence-corrected chi connectivity index (χ0v) is 17.9. The van der Waals surface area contributed by atoms with Gasteiger partial charge in [-0.25, -0.2) is 0 Å². The van der Waals surface area contributed by atoms with Crippen molar-refractivity contribution in [3.63, 3.8) is 0 Å². The van der Waals surface area contributed by atoms with E-state index in [2.05, 4.69) is 11.4 Å². The van der Waals surface area contributed by atoms with E-state index in [9.17, 15) is 9.59 Å². The fraction of sp³-hybridized carbons (Fsp3) is 0.478. The number of aryl methyl sites for hydroxylation is 1. The monoisotopic (exact) mass is 412 g/mol. The highest BCUT2D eigenvalue weighted by Crippen LogP contribution is 2.34. The summed E-state index contributed by atoms with van der Waals surface area (Å²) < 4.78 is 6.06. The molecule has 2 aliphatic rings. The lowest BCUT2D eigenvalue weighted by Gasteiger charge is -2.37. The van der Waals surface area contributed by atoms with Crippen LogP contribution in [0.2, 0.25) is 0 Å². The van der Waals surface area contributed by atoms with Gasteiger partial charge >= 0.3 is 0 Å². The minimum atomic E-state index is -0.117. The van der Waals surface area contributed by atoms with Crippen LogP contribution in [0.25, 0.3) is 0 Å². The van der Waals surface area contributed by atoms with Gasteiger partial charge < -0.3 is 14.5 Å². The van der Waals surface area contributed by atoms with Crippen molar-refractivity contribution in [2.75, 3.05) is 26.2 Å². The second-order valence-electron chi connectivity index (χ2n) is 8.12.